The summed E-state index contributed by atoms with van der Waals surface area (Å²) in [6, 6.07) is -0.991. The first-order valence-corrected chi connectivity index (χ1v) is 8.11. The highest BCUT2D eigenvalue weighted by molar-refractivity contribution is 8.00. The molecule has 1 fully saturated rings. The van der Waals surface area contributed by atoms with E-state index in [1.54, 1.807) is 17.5 Å². The van der Waals surface area contributed by atoms with Gasteiger partial charge in [-0.15, -0.1) is 23.1 Å². The number of carbonyl (C=O) groups is 2. The molecule has 0 aromatic carbocycles. The van der Waals surface area contributed by atoms with Gasteiger partial charge in [-0.25, -0.2) is 14.6 Å². The van der Waals surface area contributed by atoms with Gasteiger partial charge in [0, 0.05) is 17.7 Å². The van der Waals surface area contributed by atoms with Gasteiger partial charge in [-0.05, 0) is 13.8 Å². The fraction of sp³-hybridized carbons (Fsp3) is 0.583. The summed E-state index contributed by atoms with van der Waals surface area (Å²) >= 11 is 2.99. The smallest absolute Gasteiger partial charge is 0.327 e. The number of carbonyl (C=O) groups excluding carboxylic acids is 1. The third-order valence-corrected chi connectivity index (χ3v) is 5.42. The van der Waals surface area contributed by atoms with Crippen molar-refractivity contribution in [3.63, 3.8) is 0 Å². The first-order valence-electron chi connectivity index (χ1n) is 6.18. The number of hydrogen-bond acceptors (Lipinski definition) is 5. The molecule has 8 heteroatoms. The molecule has 0 radical (unpaired) electrons. The van der Waals surface area contributed by atoms with Crippen molar-refractivity contribution in [3.8, 4) is 0 Å². The fourth-order valence-electron chi connectivity index (χ4n) is 2.08. The SMILES string of the molecule is Cc1ncsc1CN(C)C(=O)N1C(C)SCC1C(=O)O. The molecule has 2 atom stereocenters. The first kappa shape index (κ1) is 15.1. The molecule has 1 aromatic rings. The van der Waals surface area contributed by atoms with Crippen molar-refractivity contribution in [1.29, 1.82) is 0 Å². The number of rotatable bonds is 3. The fourth-order valence-corrected chi connectivity index (χ4v) is 4.07. The Kier molecular flexibility index (Phi) is 4.54. The minimum absolute atomic E-state index is 0.117. The van der Waals surface area contributed by atoms with Crippen LogP contribution in [0.5, 0.6) is 0 Å². The minimum Gasteiger partial charge on any atom is -0.480 e. The van der Waals surface area contributed by atoms with Crippen LogP contribution in [0.2, 0.25) is 0 Å². The van der Waals surface area contributed by atoms with Crippen LogP contribution in [0.4, 0.5) is 4.79 Å². The van der Waals surface area contributed by atoms with E-state index in [1.165, 1.54) is 28.0 Å². The summed E-state index contributed by atoms with van der Waals surface area (Å²) in [6.07, 6.45) is 0. The maximum Gasteiger partial charge on any atom is 0.327 e. The van der Waals surface area contributed by atoms with Crippen LogP contribution in [0.1, 0.15) is 17.5 Å². The highest BCUT2D eigenvalue weighted by Gasteiger charge is 2.40. The van der Waals surface area contributed by atoms with Crippen LogP contribution in [0, 0.1) is 6.92 Å². The van der Waals surface area contributed by atoms with E-state index in [4.69, 9.17) is 0 Å². The highest BCUT2D eigenvalue weighted by atomic mass is 32.2. The maximum absolute atomic E-state index is 12.5. The molecule has 1 saturated heterocycles. The molecule has 2 heterocycles. The molecular weight excluding hydrogens is 298 g/mol. The van der Waals surface area contributed by atoms with E-state index in [0.29, 0.717) is 12.3 Å². The molecule has 2 rings (SSSR count). The Morgan fingerprint density at radius 1 is 1.60 bits per heavy atom. The molecule has 0 bridgehead atoms. The predicted octanol–water partition coefficient (Wildman–Crippen LogP) is 1.85. The molecule has 1 aromatic heterocycles. The number of thiazole rings is 1. The van der Waals surface area contributed by atoms with Crippen LogP contribution in [-0.2, 0) is 11.3 Å². The number of carboxylic acid groups (broad SMARTS) is 1. The Labute approximate surface area is 125 Å². The van der Waals surface area contributed by atoms with E-state index in [0.717, 1.165) is 10.6 Å². The molecule has 1 N–H and O–H groups in total. The Bertz CT molecular complexity index is 520. The largest absolute Gasteiger partial charge is 0.480 e. The summed E-state index contributed by atoms with van der Waals surface area (Å²) in [5, 5.41) is 9.08. The van der Waals surface area contributed by atoms with E-state index in [-0.39, 0.29) is 11.4 Å². The summed E-state index contributed by atoms with van der Waals surface area (Å²) in [5.41, 5.74) is 2.66. The summed E-state index contributed by atoms with van der Waals surface area (Å²) < 4.78 is 0. The van der Waals surface area contributed by atoms with Crippen LogP contribution in [0.25, 0.3) is 0 Å². The number of amides is 2. The second-order valence-electron chi connectivity index (χ2n) is 4.69. The van der Waals surface area contributed by atoms with Crippen LogP contribution in [0.3, 0.4) is 0 Å². The standard InChI is InChI=1S/C12H17N3O3S2/c1-7-10(20-6-13-7)4-14(3)12(18)15-8(2)19-5-9(15)11(16)17/h6,8-9H,4-5H2,1-3H3,(H,16,17). The molecular formula is C12H17N3O3S2. The molecule has 1 aliphatic rings. The lowest BCUT2D eigenvalue weighted by atomic mass is 10.3. The molecule has 0 aliphatic carbocycles. The summed E-state index contributed by atoms with van der Waals surface area (Å²) in [7, 11) is 1.69. The lowest BCUT2D eigenvalue weighted by Crippen LogP contribution is -2.49. The normalized spacial score (nSPS) is 22.1. The molecule has 20 heavy (non-hydrogen) atoms. The molecule has 1 aliphatic heterocycles. The average molecular weight is 315 g/mol. The van der Waals surface area contributed by atoms with Crippen LogP contribution < -0.4 is 0 Å². The minimum atomic E-state index is -0.947. The van der Waals surface area contributed by atoms with E-state index in [1.807, 2.05) is 13.8 Å². The quantitative estimate of drug-likeness (QED) is 0.921. The van der Waals surface area contributed by atoms with Gasteiger partial charge in [0.15, 0.2) is 0 Å². The number of thioether (sulfide) groups is 1. The van der Waals surface area contributed by atoms with Gasteiger partial charge >= 0.3 is 12.0 Å². The lowest BCUT2D eigenvalue weighted by Gasteiger charge is -2.29. The highest BCUT2D eigenvalue weighted by Crippen LogP contribution is 2.30. The molecule has 0 saturated carbocycles. The second kappa shape index (κ2) is 6.01. The van der Waals surface area contributed by atoms with Gasteiger partial charge in [0.1, 0.15) is 6.04 Å². The zero-order chi connectivity index (χ0) is 14.9. The second-order valence-corrected chi connectivity index (χ2v) is 6.98. The zero-order valence-corrected chi connectivity index (χ0v) is 13.2. The molecule has 0 spiro atoms. The van der Waals surface area contributed by atoms with Gasteiger partial charge in [-0.2, -0.15) is 0 Å². The van der Waals surface area contributed by atoms with Gasteiger partial charge < -0.3 is 10.0 Å². The van der Waals surface area contributed by atoms with Crippen molar-refractivity contribution in [3.05, 3.63) is 16.1 Å². The van der Waals surface area contributed by atoms with E-state index in [9.17, 15) is 14.7 Å². The van der Waals surface area contributed by atoms with E-state index < -0.39 is 12.0 Å². The van der Waals surface area contributed by atoms with E-state index in [2.05, 4.69) is 4.98 Å². The average Bonchev–Trinajstić information content (AvgIpc) is 2.95. The van der Waals surface area contributed by atoms with Gasteiger partial charge in [-0.3, -0.25) is 4.90 Å². The van der Waals surface area contributed by atoms with Gasteiger partial charge in [-0.1, -0.05) is 0 Å². The summed E-state index contributed by atoms with van der Waals surface area (Å²) in [6.45, 7) is 4.21. The number of aryl methyl sites for hydroxylation is 1. The number of aliphatic carboxylic acids is 1. The molecule has 110 valence electrons. The topological polar surface area (TPSA) is 73.7 Å². The number of nitrogens with zero attached hydrogens (tertiary/aromatic N) is 3. The van der Waals surface area contributed by atoms with Crippen molar-refractivity contribution < 1.29 is 14.7 Å². The summed E-state index contributed by atoms with van der Waals surface area (Å²) in [5.74, 6) is -0.507. The van der Waals surface area contributed by atoms with Crippen molar-refractivity contribution in [1.82, 2.24) is 14.8 Å². The molecule has 6 nitrogen and oxygen atoms in total. The van der Waals surface area contributed by atoms with E-state index >= 15 is 0 Å². The number of hydrogen-bond donors (Lipinski definition) is 1. The van der Waals surface area contributed by atoms with Crippen LogP contribution in [-0.4, -0.2) is 56.1 Å². The lowest BCUT2D eigenvalue weighted by molar-refractivity contribution is -0.141. The van der Waals surface area contributed by atoms with Crippen molar-refractivity contribution in [2.75, 3.05) is 12.8 Å². The van der Waals surface area contributed by atoms with Crippen LogP contribution >= 0.6 is 23.1 Å². The maximum atomic E-state index is 12.5. The number of aromatic nitrogens is 1. The number of urea groups is 1. The van der Waals surface area contributed by atoms with Crippen LogP contribution in [0.15, 0.2) is 5.51 Å². The number of carboxylic acids is 1. The van der Waals surface area contributed by atoms with Crippen molar-refractivity contribution >= 4 is 35.1 Å². The Morgan fingerprint density at radius 2 is 2.30 bits per heavy atom. The van der Waals surface area contributed by atoms with Crippen molar-refractivity contribution in [2.45, 2.75) is 31.8 Å². The monoisotopic (exact) mass is 315 g/mol. The third kappa shape index (κ3) is 2.90. The molecule has 2 unspecified atom stereocenters. The predicted molar refractivity (Wildman–Crippen MR) is 78.9 cm³/mol. The first-order chi connectivity index (χ1) is 9.41. The molecule has 2 amide bonds. The van der Waals surface area contributed by atoms with Crippen molar-refractivity contribution in [2.24, 2.45) is 0 Å². The van der Waals surface area contributed by atoms with Gasteiger partial charge in [0.2, 0.25) is 0 Å². The summed E-state index contributed by atoms with van der Waals surface area (Å²) in [4.78, 5) is 31.9. The Balaban J connectivity index is 2.09. The Morgan fingerprint density at radius 3 is 2.85 bits per heavy atom. The third-order valence-electron chi connectivity index (χ3n) is 3.28. The zero-order valence-electron chi connectivity index (χ0n) is 11.6. The van der Waals surface area contributed by atoms with Gasteiger partial charge in [0.05, 0.1) is 23.1 Å². The van der Waals surface area contributed by atoms with Gasteiger partial charge in [0.25, 0.3) is 0 Å². The Hall–Kier alpha value is -1.28.